The average Bonchev–Trinajstić information content (AvgIpc) is 2.75. The van der Waals surface area contributed by atoms with Crippen molar-refractivity contribution in [1.82, 2.24) is 4.98 Å². The summed E-state index contributed by atoms with van der Waals surface area (Å²) < 4.78 is 10.3. The van der Waals surface area contributed by atoms with E-state index in [1.807, 2.05) is 6.92 Å². The largest absolute Gasteiger partial charge is 0.455 e. The Morgan fingerprint density at radius 1 is 1.65 bits per heavy atom. The van der Waals surface area contributed by atoms with Gasteiger partial charge in [-0.3, -0.25) is 0 Å². The van der Waals surface area contributed by atoms with Gasteiger partial charge in [0.15, 0.2) is 5.69 Å². The SMILES string of the molecule is CCOCC(C)OC(=O)c1csc(CCN)n1. The third-order valence-electron chi connectivity index (χ3n) is 1.98. The molecule has 0 aliphatic carbocycles. The van der Waals surface area contributed by atoms with Crippen LogP contribution in [-0.2, 0) is 15.9 Å². The third kappa shape index (κ3) is 4.80. The summed E-state index contributed by atoms with van der Waals surface area (Å²) in [6, 6.07) is 0. The minimum atomic E-state index is -0.406. The van der Waals surface area contributed by atoms with E-state index in [-0.39, 0.29) is 6.10 Å². The quantitative estimate of drug-likeness (QED) is 0.744. The van der Waals surface area contributed by atoms with Gasteiger partial charge in [0.1, 0.15) is 6.10 Å². The summed E-state index contributed by atoms with van der Waals surface area (Å²) in [7, 11) is 0. The molecule has 17 heavy (non-hydrogen) atoms. The number of rotatable bonds is 7. The van der Waals surface area contributed by atoms with E-state index >= 15 is 0 Å². The van der Waals surface area contributed by atoms with Crippen LogP contribution in [0.15, 0.2) is 5.38 Å². The van der Waals surface area contributed by atoms with Gasteiger partial charge in [-0.25, -0.2) is 9.78 Å². The minimum absolute atomic E-state index is 0.262. The van der Waals surface area contributed by atoms with Crippen molar-refractivity contribution in [3.8, 4) is 0 Å². The standard InChI is InChI=1S/C11H18N2O3S/c1-3-15-6-8(2)16-11(14)9-7-17-10(13-9)4-5-12/h7-8H,3-6,12H2,1-2H3. The Hall–Kier alpha value is -0.980. The van der Waals surface area contributed by atoms with Crippen LogP contribution in [0.1, 0.15) is 29.3 Å². The van der Waals surface area contributed by atoms with Gasteiger partial charge in [0.25, 0.3) is 0 Å². The first-order chi connectivity index (χ1) is 8.17. The number of nitrogens with two attached hydrogens (primary N) is 1. The van der Waals surface area contributed by atoms with Crippen LogP contribution in [0, 0.1) is 0 Å². The van der Waals surface area contributed by atoms with Crippen molar-refractivity contribution in [2.45, 2.75) is 26.4 Å². The maximum atomic E-state index is 11.7. The summed E-state index contributed by atoms with van der Waals surface area (Å²) in [6.07, 6.45) is 0.425. The summed E-state index contributed by atoms with van der Waals surface area (Å²) in [5.74, 6) is -0.406. The van der Waals surface area contributed by atoms with Gasteiger partial charge < -0.3 is 15.2 Å². The lowest BCUT2D eigenvalue weighted by atomic mass is 10.4. The van der Waals surface area contributed by atoms with E-state index in [4.69, 9.17) is 15.2 Å². The molecule has 1 aromatic heterocycles. The molecule has 0 aliphatic heterocycles. The molecule has 1 aromatic rings. The van der Waals surface area contributed by atoms with Crippen LogP contribution >= 0.6 is 11.3 Å². The Kier molecular flexibility index (Phi) is 6.10. The zero-order valence-corrected chi connectivity index (χ0v) is 11.0. The van der Waals surface area contributed by atoms with E-state index < -0.39 is 5.97 Å². The number of carbonyl (C=O) groups is 1. The molecule has 0 saturated heterocycles. The summed E-state index contributed by atoms with van der Waals surface area (Å²) >= 11 is 1.42. The number of esters is 1. The number of carbonyl (C=O) groups excluding carboxylic acids is 1. The van der Waals surface area contributed by atoms with Crippen LogP contribution < -0.4 is 5.73 Å². The lowest BCUT2D eigenvalue weighted by molar-refractivity contribution is 0.00393. The first-order valence-corrected chi connectivity index (χ1v) is 6.48. The first kappa shape index (κ1) is 14.1. The summed E-state index contributed by atoms with van der Waals surface area (Å²) in [5.41, 5.74) is 5.76. The predicted octanol–water partition coefficient (Wildman–Crippen LogP) is 1.23. The fraction of sp³-hybridized carbons (Fsp3) is 0.636. The molecular formula is C11H18N2O3S. The molecule has 0 bridgehead atoms. The molecule has 0 aliphatic rings. The second-order valence-electron chi connectivity index (χ2n) is 3.54. The number of ether oxygens (including phenoxy) is 2. The Balaban J connectivity index is 2.45. The molecule has 96 valence electrons. The Morgan fingerprint density at radius 2 is 2.41 bits per heavy atom. The molecule has 1 heterocycles. The molecule has 2 N–H and O–H groups in total. The van der Waals surface area contributed by atoms with E-state index in [1.165, 1.54) is 11.3 Å². The Labute approximate surface area is 105 Å². The second-order valence-corrected chi connectivity index (χ2v) is 4.48. The first-order valence-electron chi connectivity index (χ1n) is 5.60. The molecule has 5 nitrogen and oxygen atoms in total. The van der Waals surface area contributed by atoms with Crippen molar-refractivity contribution in [2.24, 2.45) is 5.73 Å². The van der Waals surface area contributed by atoms with Crippen LogP contribution in [0.2, 0.25) is 0 Å². The van der Waals surface area contributed by atoms with E-state index in [0.717, 1.165) is 5.01 Å². The fourth-order valence-corrected chi connectivity index (χ4v) is 1.99. The molecule has 0 spiro atoms. The Morgan fingerprint density at radius 3 is 3.06 bits per heavy atom. The number of nitrogens with zero attached hydrogens (tertiary/aromatic N) is 1. The molecule has 1 unspecified atom stereocenters. The topological polar surface area (TPSA) is 74.4 Å². The number of thiazole rings is 1. The van der Waals surface area contributed by atoms with Crippen LogP contribution in [0.3, 0.4) is 0 Å². The lowest BCUT2D eigenvalue weighted by Crippen LogP contribution is -2.20. The maximum absolute atomic E-state index is 11.7. The molecule has 0 saturated carbocycles. The molecule has 0 radical (unpaired) electrons. The summed E-state index contributed by atoms with van der Waals surface area (Å²) in [5, 5.41) is 2.55. The van der Waals surface area contributed by atoms with Gasteiger partial charge in [-0.2, -0.15) is 0 Å². The lowest BCUT2D eigenvalue weighted by Gasteiger charge is -2.11. The average molecular weight is 258 g/mol. The second kappa shape index (κ2) is 7.37. The van der Waals surface area contributed by atoms with Crippen molar-refractivity contribution in [2.75, 3.05) is 19.8 Å². The van der Waals surface area contributed by atoms with Gasteiger partial charge in [-0.05, 0) is 20.4 Å². The fourth-order valence-electron chi connectivity index (χ4n) is 1.20. The highest BCUT2D eigenvalue weighted by molar-refractivity contribution is 7.09. The highest BCUT2D eigenvalue weighted by atomic mass is 32.1. The van der Waals surface area contributed by atoms with Crippen LogP contribution in [0.5, 0.6) is 0 Å². The van der Waals surface area contributed by atoms with E-state index in [9.17, 15) is 4.79 Å². The Bertz CT molecular complexity index is 354. The van der Waals surface area contributed by atoms with Crippen LogP contribution in [-0.4, -0.2) is 36.8 Å². The maximum Gasteiger partial charge on any atom is 0.358 e. The summed E-state index contributed by atoms with van der Waals surface area (Å²) in [4.78, 5) is 15.8. The molecule has 6 heteroatoms. The van der Waals surface area contributed by atoms with Crippen molar-refractivity contribution in [3.05, 3.63) is 16.1 Å². The van der Waals surface area contributed by atoms with E-state index in [2.05, 4.69) is 4.98 Å². The van der Waals surface area contributed by atoms with Gasteiger partial charge in [0, 0.05) is 18.4 Å². The molecule has 0 amide bonds. The van der Waals surface area contributed by atoms with Gasteiger partial charge in [-0.15, -0.1) is 11.3 Å². The predicted molar refractivity (Wildman–Crippen MR) is 66.2 cm³/mol. The van der Waals surface area contributed by atoms with E-state index in [0.29, 0.717) is 31.9 Å². The summed E-state index contributed by atoms with van der Waals surface area (Å²) in [6.45, 7) is 5.23. The van der Waals surface area contributed by atoms with Crippen molar-refractivity contribution >= 4 is 17.3 Å². The normalized spacial score (nSPS) is 12.4. The highest BCUT2D eigenvalue weighted by Gasteiger charge is 2.15. The van der Waals surface area contributed by atoms with Gasteiger partial charge in [-0.1, -0.05) is 0 Å². The third-order valence-corrected chi connectivity index (χ3v) is 2.89. The van der Waals surface area contributed by atoms with Crippen molar-refractivity contribution < 1.29 is 14.3 Å². The van der Waals surface area contributed by atoms with Gasteiger partial charge in [0.05, 0.1) is 11.6 Å². The van der Waals surface area contributed by atoms with Gasteiger partial charge >= 0.3 is 5.97 Å². The number of hydrogen-bond donors (Lipinski definition) is 1. The molecular weight excluding hydrogens is 240 g/mol. The number of hydrogen-bond acceptors (Lipinski definition) is 6. The van der Waals surface area contributed by atoms with E-state index in [1.54, 1.807) is 12.3 Å². The van der Waals surface area contributed by atoms with Crippen LogP contribution in [0.4, 0.5) is 0 Å². The van der Waals surface area contributed by atoms with Crippen molar-refractivity contribution in [1.29, 1.82) is 0 Å². The zero-order valence-electron chi connectivity index (χ0n) is 10.1. The minimum Gasteiger partial charge on any atom is -0.455 e. The van der Waals surface area contributed by atoms with Crippen molar-refractivity contribution in [3.63, 3.8) is 0 Å². The zero-order chi connectivity index (χ0) is 12.7. The molecule has 0 aromatic carbocycles. The molecule has 1 atom stereocenters. The number of aromatic nitrogens is 1. The highest BCUT2D eigenvalue weighted by Crippen LogP contribution is 2.11. The monoisotopic (exact) mass is 258 g/mol. The molecule has 0 fully saturated rings. The smallest absolute Gasteiger partial charge is 0.358 e. The van der Waals surface area contributed by atoms with Gasteiger partial charge in [0.2, 0.25) is 0 Å². The molecule has 1 rings (SSSR count). The van der Waals surface area contributed by atoms with Crippen LogP contribution in [0.25, 0.3) is 0 Å².